The van der Waals surface area contributed by atoms with Gasteiger partial charge < -0.3 is 19.8 Å². The molecule has 0 aliphatic heterocycles. The van der Waals surface area contributed by atoms with E-state index in [0.717, 1.165) is 22.2 Å². The molecule has 0 spiro atoms. The Kier molecular flexibility index (Phi) is 5.44. The first-order valence-corrected chi connectivity index (χ1v) is 9.02. The molecule has 2 heterocycles. The molecule has 0 radical (unpaired) electrons. The maximum absolute atomic E-state index is 12.2. The molecule has 150 valence electrons. The number of fused-ring (bicyclic) bond motifs is 1. The average molecular weight is 406 g/mol. The number of halogens is 2. The van der Waals surface area contributed by atoms with Crippen LogP contribution in [0.25, 0.3) is 10.9 Å². The molecular weight excluding hydrogens is 390 g/mol. The van der Waals surface area contributed by atoms with E-state index in [-0.39, 0.29) is 18.1 Å². The maximum atomic E-state index is 12.2. The number of nitriles is 1. The number of nitrogens with one attached hydrogen (secondary N) is 2. The van der Waals surface area contributed by atoms with Crippen molar-refractivity contribution in [3.8, 4) is 17.6 Å². The minimum Gasteiger partial charge on any atom is -0.489 e. The van der Waals surface area contributed by atoms with E-state index in [1.165, 1.54) is 18.2 Å². The van der Waals surface area contributed by atoms with E-state index >= 15 is 0 Å². The predicted molar refractivity (Wildman–Crippen MR) is 108 cm³/mol. The Bertz CT molecular complexity index is 1200. The van der Waals surface area contributed by atoms with Gasteiger partial charge in [-0.25, -0.2) is 4.98 Å². The molecule has 0 fully saturated rings. The van der Waals surface area contributed by atoms with E-state index in [4.69, 9.17) is 4.74 Å². The van der Waals surface area contributed by atoms with Gasteiger partial charge in [-0.15, -0.1) is 0 Å². The topological polar surface area (TPSA) is 83.0 Å². The third-order valence-corrected chi connectivity index (χ3v) is 4.29. The van der Waals surface area contributed by atoms with Gasteiger partial charge in [-0.2, -0.15) is 14.0 Å². The van der Waals surface area contributed by atoms with Crippen molar-refractivity contribution in [1.29, 1.82) is 5.26 Å². The fraction of sp³-hybridized carbons (Fsp3) is 0.0909. The zero-order valence-corrected chi connectivity index (χ0v) is 15.6. The van der Waals surface area contributed by atoms with Crippen molar-refractivity contribution in [2.75, 3.05) is 5.32 Å². The molecule has 4 rings (SSSR count). The van der Waals surface area contributed by atoms with Crippen LogP contribution < -0.4 is 14.8 Å². The van der Waals surface area contributed by atoms with E-state index in [2.05, 4.69) is 20.0 Å². The zero-order valence-electron chi connectivity index (χ0n) is 15.6. The third-order valence-electron chi connectivity index (χ3n) is 4.29. The molecule has 30 heavy (non-hydrogen) atoms. The van der Waals surface area contributed by atoms with Gasteiger partial charge in [0, 0.05) is 29.5 Å². The van der Waals surface area contributed by atoms with E-state index in [1.54, 1.807) is 18.2 Å². The van der Waals surface area contributed by atoms with Crippen LogP contribution >= 0.6 is 0 Å². The quantitative estimate of drug-likeness (QED) is 0.432. The SMILES string of the molecule is N#Cc1cc(OCc2ccc(OC(F)F)cc2)cc(Nc2ccc3cc[nH]c3c2)n1. The summed E-state index contributed by atoms with van der Waals surface area (Å²) in [5.74, 6) is 1.00. The van der Waals surface area contributed by atoms with E-state index in [1.807, 2.05) is 36.5 Å². The van der Waals surface area contributed by atoms with Gasteiger partial charge in [-0.05, 0) is 41.3 Å². The van der Waals surface area contributed by atoms with Crippen molar-refractivity contribution in [2.24, 2.45) is 0 Å². The van der Waals surface area contributed by atoms with Gasteiger partial charge in [0.25, 0.3) is 0 Å². The highest BCUT2D eigenvalue weighted by atomic mass is 19.3. The summed E-state index contributed by atoms with van der Waals surface area (Å²) in [5, 5.41) is 13.5. The molecule has 2 N–H and O–H groups in total. The number of hydrogen-bond acceptors (Lipinski definition) is 5. The monoisotopic (exact) mass is 406 g/mol. The normalized spacial score (nSPS) is 10.7. The number of benzene rings is 2. The maximum Gasteiger partial charge on any atom is 0.387 e. The van der Waals surface area contributed by atoms with Gasteiger partial charge in [-0.3, -0.25) is 0 Å². The molecule has 0 bridgehead atoms. The number of ether oxygens (including phenoxy) is 2. The molecule has 0 atom stereocenters. The molecule has 2 aromatic heterocycles. The molecule has 0 amide bonds. The number of hydrogen-bond donors (Lipinski definition) is 2. The minimum absolute atomic E-state index is 0.0787. The molecule has 0 aliphatic carbocycles. The summed E-state index contributed by atoms with van der Waals surface area (Å²) in [6.45, 7) is -2.67. The number of aromatic amines is 1. The second-order valence-electron chi connectivity index (χ2n) is 6.40. The van der Waals surface area contributed by atoms with E-state index in [0.29, 0.717) is 11.6 Å². The lowest BCUT2D eigenvalue weighted by Gasteiger charge is -2.11. The van der Waals surface area contributed by atoms with Gasteiger partial charge in [0.05, 0.1) is 0 Å². The number of nitrogens with zero attached hydrogens (tertiary/aromatic N) is 2. The number of pyridine rings is 1. The largest absolute Gasteiger partial charge is 0.489 e. The van der Waals surface area contributed by atoms with E-state index < -0.39 is 6.61 Å². The molecule has 2 aromatic carbocycles. The van der Waals surface area contributed by atoms with Crippen molar-refractivity contribution in [3.63, 3.8) is 0 Å². The fourth-order valence-electron chi connectivity index (χ4n) is 2.92. The number of H-pyrrole nitrogens is 1. The van der Waals surface area contributed by atoms with Crippen LogP contribution in [0.15, 0.2) is 66.9 Å². The Morgan fingerprint density at radius 2 is 1.87 bits per heavy atom. The minimum atomic E-state index is -2.86. The summed E-state index contributed by atoms with van der Waals surface area (Å²) in [6, 6.07) is 19.2. The molecule has 0 saturated carbocycles. The Morgan fingerprint density at radius 1 is 1.03 bits per heavy atom. The zero-order chi connectivity index (χ0) is 20.9. The Morgan fingerprint density at radius 3 is 2.63 bits per heavy atom. The number of rotatable bonds is 7. The highest BCUT2D eigenvalue weighted by Gasteiger charge is 2.07. The third kappa shape index (κ3) is 4.64. The molecule has 6 nitrogen and oxygen atoms in total. The Balaban J connectivity index is 1.47. The number of aromatic nitrogens is 2. The van der Waals surface area contributed by atoms with Gasteiger partial charge in [0.1, 0.15) is 35.7 Å². The smallest absolute Gasteiger partial charge is 0.387 e. The summed E-state index contributed by atoms with van der Waals surface area (Å²) in [4.78, 5) is 7.40. The lowest BCUT2D eigenvalue weighted by Crippen LogP contribution is -2.02. The van der Waals surface area contributed by atoms with Crippen molar-refractivity contribution in [3.05, 3.63) is 78.1 Å². The Hall–Kier alpha value is -4.12. The molecule has 4 aromatic rings. The average Bonchev–Trinajstić information content (AvgIpc) is 3.20. The summed E-state index contributed by atoms with van der Waals surface area (Å²) in [6.07, 6.45) is 1.86. The van der Waals surface area contributed by atoms with Crippen LogP contribution in [0.5, 0.6) is 11.5 Å². The van der Waals surface area contributed by atoms with Crippen LogP contribution in [-0.2, 0) is 6.61 Å². The molecular formula is C22H16F2N4O2. The lowest BCUT2D eigenvalue weighted by molar-refractivity contribution is -0.0498. The van der Waals surface area contributed by atoms with Crippen molar-refractivity contribution < 1.29 is 18.3 Å². The first kappa shape index (κ1) is 19.2. The lowest BCUT2D eigenvalue weighted by atomic mass is 10.2. The second kappa shape index (κ2) is 8.49. The van der Waals surface area contributed by atoms with Crippen LogP contribution in [0.1, 0.15) is 11.3 Å². The van der Waals surface area contributed by atoms with Crippen molar-refractivity contribution >= 4 is 22.4 Å². The van der Waals surface area contributed by atoms with Crippen LogP contribution in [0.2, 0.25) is 0 Å². The molecule has 0 saturated heterocycles. The summed E-state index contributed by atoms with van der Waals surface area (Å²) in [7, 11) is 0. The second-order valence-corrected chi connectivity index (χ2v) is 6.40. The summed E-state index contributed by atoms with van der Waals surface area (Å²) in [5.41, 5.74) is 2.76. The fourth-order valence-corrected chi connectivity index (χ4v) is 2.92. The van der Waals surface area contributed by atoms with Gasteiger partial charge in [-0.1, -0.05) is 18.2 Å². The van der Waals surface area contributed by atoms with Crippen LogP contribution in [-0.4, -0.2) is 16.6 Å². The standard InChI is InChI=1S/C22H16F2N4O2/c23-22(24)30-18-5-1-14(2-6-18)13-29-19-9-17(12-25)28-21(11-19)27-16-4-3-15-7-8-26-20(15)10-16/h1-11,22,26H,13H2,(H,27,28). The number of anilines is 2. The summed E-state index contributed by atoms with van der Waals surface area (Å²) >= 11 is 0. The van der Waals surface area contributed by atoms with Crippen molar-refractivity contribution in [2.45, 2.75) is 13.2 Å². The van der Waals surface area contributed by atoms with Crippen molar-refractivity contribution in [1.82, 2.24) is 9.97 Å². The van der Waals surface area contributed by atoms with Crippen LogP contribution in [0.4, 0.5) is 20.3 Å². The molecule has 8 heteroatoms. The Labute approximate surface area is 170 Å². The first-order chi connectivity index (χ1) is 14.6. The summed E-state index contributed by atoms with van der Waals surface area (Å²) < 4.78 is 34.6. The van der Waals surface area contributed by atoms with Gasteiger partial charge in [0.15, 0.2) is 0 Å². The first-order valence-electron chi connectivity index (χ1n) is 9.02. The van der Waals surface area contributed by atoms with Gasteiger partial charge >= 0.3 is 6.61 Å². The van der Waals surface area contributed by atoms with E-state index in [9.17, 15) is 14.0 Å². The van der Waals surface area contributed by atoms with Crippen LogP contribution in [0, 0.1) is 11.3 Å². The highest BCUT2D eigenvalue weighted by Crippen LogP contribution is 2.24. The van der Waals surface area contributed by atoms with Crippen LogP contribution in [0.3, 0.4) is 0 Å². The van der Waals surface area contributed by atoms with Gasteiger partial charge in [0.2, 0.25) is 0 Å². The number of alkyl halides is 2. The highest BCUT2D eigenvalue weighted by molar-refractivity contribution is 5.83. The molecule has 0 aliphatic rings. The predicted octanol–water partition coefficient (Wildman–Crippen LogP) is 5.36. The molecule has 0 unspecified atom stereocenters.